The smallest absolute Gasteiger partial charge is 0.0388 e. The van der Waals surface area contributed by atoms with Gasteiger partial charge in [0, 0.05) is 23.0 Å². The molecule has 1 rings (SSSR count). The predicted octanol–water partition coefficient (Wildman–Crippen LogP) is 3.15. The van der Waals surface area contributed by atoms with E-state index in [-0.39, 0.29) is 0 Å². The van der Waals surface area contributed by atoms with Gasteiger partial charge in [0.25, 0.3) is 0 Å². The summed E-state index contributed by atoms with van der Waals surface area (Å²) in [6.07, 6.45) is 1.89. The van der Waals surface area contributed by atoms with Gasteiger partial charge in [-0.05, 0) is 18.4 Å². The highest BCUT2D eigenvalue weighted by atomic mass is 35.5. The van der Waals surface area contributed by atoms with Gasteiger partial charge in [0.05, 0.1) is 0 Å². The van der Waals surface area contributed by atoms with Crippen LogP contribution in [0.1, 0.15) is 17.8 Å². The average Bonchev–Trinajstić information content (AvgIpc) is 2.56. The minimum Gasteiger partial charge on any atom is -0.306 e. The Kier molecular flexibility index (Phi) is 4.36. The molecule has 1 heterocycles. The molecular weight excluding hydrogens is 190 g/mol. The summed E-state index contributed by atoms with van der Waals surface area (Å²) in [6.45, 7) is 2.97. The molecule has 66 valence electrons. The van der Waals surface area contributed by atoms with Crippen LogP contribution in [0.2, 0.25) is 0 Å². The monoisotopic (exact) mass is 201 g/mol. The molecule has 0 fully saturated rings. The van der Waals surface area contributed by atoms with Crippen LogP contribution in [0.4, 0.5) is 0 Å². The second kappa shape index (κ2) is 5.36. The Morgan fingerprint density at radius 2 is 2.58 bits per heavy atom. The lowest BCUT2D eigenvalue weighted by Gasteiger charge is -2.08. The topological polar surface area (TPSA) is 12.0 Å². The lowest BCUT2D eigenvalue weighted by Crippen LogP contribution is -2.17. The van der Waals surface area contributed by atoms with E-state index in [1.54, 1.807) is 11.3 Å². The maximum absolute atomic E-state index is 5.39. The Balaban J connectivity index is 2.34. The van der Waals surface area contributed by atoms with Crippen molar-refractivity contribution >= 4 is 22.9 Å². The van der Waals surface area contributed by atoms with Crippen molar-refractivity contribution in [3.63, 3.8) is 0 Å². The quantitative estimate of drug-likeness (QED) is 0.789. The standard InChI is InChI=1S/C9H12ClNS/c1-8(11-6-3-5-10)9-4-2-7-12-9/h2-5,7-8,11H,6H2,1H3/b5-3+/t8-/m1/s1. The van der Waals surface area contributed by atoms with E-state index in [1.807, 2.05) is 6.08 Å². The van der Waals surface area contributed by atoms with Crippen molar-refractivity contribution in [3.8, 4) is 0 Å². The van der Waals surface area contributed by atoms with Gasteiger partial charge in [-0.3, -0.25) is 0 Å². The summed E-state index contributed by atoms with van der Waals surface area (Å²) in [7, 11) is 0. The lowest BCUT2D eigenvalue weighted by molar-refractivity contribution is 0.627. The third kappa shape index (κ3) is 2.97. The van der Waals surface area contributed by atoms with Gasteiger partial charge < -0.3 is 5.32 Å². The Morgan fingerprint density at radius 3 is 3.17 bits per heavy atom. The highest BCUT2D eigenvalue weighted by molar-refractivity contribution is 7.10. The van der Waals surface area contributed by atoms with E-state index in [0.29, 0.717) is 6.04 Å². The van der Waals surface area contributed by atoms with Gasteiger partial charge in [-0.15, -0.1) is 11.3 Å². The van der Waals surface area contributed by atoms with Crippen molar-refractivity contribution in [3.05, 3.63) is 34.0 Å². The Bertz CT molecular complexity index is 231. The van der Waals surface area contributed by atoms with Crippen molar-refractivity contribution in [1.82, 2.24) is 5.32 Å². The molecular formula is C9H12ClNS. The van der Waals surface area contributed by atoms with Crippen LogP contribution < -0.4 is 5.32 Å². The average molecular weight is 202 g/mol. The molecule has 0 bridgehead atoms. The fraction of sp³-hybridized carbons (Fsp3) is 0.333. The number of hydrogen-bond acceptors (Lipinski definition) is 2. The third-order valence-corrected chi connectivity index (χ3v) is 2.83. The summed E-state index contributed by atoms with van der Waals surface area (Å²) in [5.41, 5.74) is 1.54. The molecule has 0 unspecified atom stereocenters. The van der Waals surface area contributed by atoms with Crippen molar-refractivity contribution in [2.75, 3.05) is 6.54 Å². The van der Waals surface area contributed by atoms with Crippen LogP contribution in [-0.2, 0) is 0 Å². The van der Waals surface area contributed by atoms with Crippen LogP contribution in [0.5, 0.6) is 0 Å². The maximum Gasteiger partial charge on any atom is 0.0388 e. The zero-order valence-corrected chi connectivity index (χ0v) is 8.53. The minimum absolute atomic E-state index is 0.415. The van der Waals surface area contributed by atoms with Crippen LogP contribution in [0, 0.1) is 0 Å². The number of halogens is 1. The van der Waals surface area contributed by atoms with E-state index < -0.39 is 0 Å². The van der Waals surface area contributed by atoms with Crippen molar-refractivity contribution in [2.45, 2.75) is 13.0 Å². The van der Waals surface area contributed by atoms with Crippen LogP contribution in [-0.4, -0.2) is 6.54 Å². The number of rotatable bonds is 4. The van der Waals surface area contributed by atoms with Gasteiger partial charge in [-0.25, -0.2) is 0 Å². The van der Waals surface area contributed by atoms with E-state index in [4.69, 9.17) is 11.6 Å². The molecule has 3 heteroatoms. The number of nitrogens with one attached hydrogen (secondary N) is 1. The second-order valence-electron chi connectivity index (χ2n) is 2.51. The third-order valence-electron chi connectivity index (χ3n) is 1.60. The molecule has 0 saturated carbocycles. The molecule has 0 radical (unpaired) electrons. The number of thiophene rings is 1. The number of hydrogen-bond donors (Lipinski definition) is 1. The Labute approximate surface area is 82.1 Å². The van der Waals surface area contributed by atoms with Gasteiger partial charge >= 0.3 is 0 Å². The Morgan fingerprint density at radius 1 is 1.75 bits per heavy atom. The van der Waals surface area contributed by atoms with E-state index in [1.165, 1.54) is 10.4 Å². The largest absolute Gasteiger partial charge is 0.306 e. The predicted molar refractivity (Wildman–Crippen MR) is 55.7 cm³/mol. The second-order valence-corrected chi connectivity index (χ2v) is 3.74. The zero-order chi connectivity index (χ0) is 8.81. The van der Waals surface area contributed by atoms with Crippen molar-refractivity contribution in [1.29, 1.82) is 0 Å². The van der Waals surface area contributed by atoms with Gasteiger partial charge in [0.2, 0.25) is 0 Å². The Hall–Kier alpha value is -0.310. The molecule has 0 aromatic carbocycles. The molecule has 1 N–H and O–H groups in total. The molecule has 12 heavy (non-hydrogen) atoms. The van der Waals surface area contributed by atoms with E-state index in [9.17, 15) is 0 Å². The lowest BCUT2D eigenvalue weighted by atomic mass is 10.3. The normalized spacial score (nSPS) is 13.8. The molecule has 0 aliphatic carbocycles. The van der Waals surface area contributed by atoms with Gasteiger partial charge in [-0.2, -0.15) is 0 Å². The van der Waals surface area contributed by atoms with Gasteiger partial charge in [0.1, 0.15) is 0 Å². The zero-order valence-electron chi connectivity index (χ0n) is 6.96. The van der Waals surface area contributed by atoms with Crippen LogP contribution >= 0.6 is 22.9 Å². The van der Waals surface area contributed by atoms with E-state index >= 15 is 0 Å². The summed E-state index contributed by atoms with van der Waals surface area (Å²) in [4.78, 5) is 1.36. The minimum atomic E-state index is 0.415. The highest BCUT2D eigenvalue weighted by Crippen LogP contribution is 2.17. The molecule has 1 aromatic rings. The first-order valence-corrected chi connectivity index (χ1v) is 5.18. The molecule has 0 saturated heterocycles. The summed E-state index contributed by atoms with van der Waals surface area (Å²) in [5, 5.41) is 5.41. The molecule has 1 nitrogen and oxygen atoms in total. The first-order valence-electron chi connectivity index (χ1n) is 3.86. The molecule has 0 amide bonds. The highest BCUT2D eigenvalue weighted by Gasteiger charge is 2.02. The summed E-state index contributed by atoms with van der Waals surface area (Å²) in [5.74, 6) is 0. The molecule has 1 aromatic heterocycles. The summed E-state index contributed by atoms with van der Waals surface area (Å²) >= 11 is 7.16. The van der Waals surface area contributed by atoms with Gasteiger partial charge in [-0.1, -0.05) is 23.7 Å². The fourth-order valence-corrected chi connectivity index (χ4v) is 1.78. The van der Waals surface area contributed by atoms with Crippen LogP contribution in [0.25, 0.3) is 0 Å². The summed E-state index contributed by atoms with van der Waals surface area (Å²) < 4.78 is 0. The molecule has 0 spiro atoms. The first-order chi connectivity index (χ1) is 5.84. The summed E-state index contributed by atoms with van der Waals surface area (Å²) in [6, 6.07) is 4.61. The van der Waals surface area contributed by atoms with E-state index in [2.05, 4.69) is 29.8 Å². The van der Waals surface area contributed by atoms with E-state index in [0.717, 1.165) is 6.54 Å². The fourth-order valence-electron chi connectivity index (χ4n) is 0.928. The van der Waals surface area contributed by atoms with Crippen LogP contribution in [0.3, 0.4) is 0 Å². The first kappa shape index (κ1) is 9.78. The van der Waals surface area contributed by atoms with Crippen molar-refractivity contribution < 1.29 is 0 Å². The molecule has 1 atom stereocenters. The molecule has 0 aliphatic rings. The van der Waals surface area contributed by atoms with Gasteiger partial charge in [0.15, 0.2) is 0 Å². The SMILES string of the molecule is C[C@@H](NC/C=C/Cl)c1cccs1. The van der Waals surface area contributed by atoms with Crippen molar-refractivity contribution in [2.24, 2.45) is 0 Å². The molecule has 0 aliphatic heterocycles. The van der Waals surface area contributed by atoms with Crippen LogP contribution in [0.15, 0.2) is 29.1 Å². The maximum atomic E-state index is 5.39.